The molecule has 12 heteroatoms. The molecule has 1 amide bonds. The zero-order valence-corrected chi connectivity index (χ0v) is 30.5. The van der Waals surface area contributed by atoms with Gasteiger partial charge < -0.3 is 34.3 Å². The summed E-state index contributed by atoms with van der Waals surface area (Å²) in [5, 5.41) is 12.8. The molecule has 10 heterocycles. The number of benzene rings is 2. The molecule has 282 valence electrons. The van der Waals surface area contributed by atoms with Gasteiger partial charge in [0.15, 0.2) is 23.7 Å². The van der Waals surface area contributed by atoms with Gasteiger partial charge in [0.25, 0.3) is 11.8 Å². The number of aliphatic hydroxyl groups is 1. The Morgan fingerprint density at radius 1 is 0.685 bits per heavy atom. The highest BCUT2D eigenvalue weighted by atomic mass is 16.6. The number of ether oxygens (including phenoxy) is 4. The fraction of sp³-hybridized carbons (Fsp3) is 0.452. The number of nitrogens with one attached hydrogen (secondary N) is 1. The minimum Gasteiger partial charge on any atom is -0.484 e. The molecule has 54 heavy (non-hydrogen) atoms. The number of rotatable bonds is 7. The van der Waals surface area contributed by atoms with Crippen LogP contribution in [-0.4, -0.2) is 106 Å². The van der Waals surface area contributed by atoms with Crippen LogP contribution in [0.15, 0.2) is 85.2 Å². The van der Waals surface area contributed by atoms with Crippen molar-refractivity contribution in [2.45, 2.75) is 75.1 Å². The minimum absolute atomic E-state index is 0.0911. The van der Waals surface area contributed by atoms with E-state index in [1.54, 1.807) is 12.4 Å². The van der Waals surface area contributed by atoms with Crippen LogP contribution in [0.25, 0.3) is 0 Å². The van der Waals surface area contributed by atoms with Crippen LogP contribution in [0.1, 0.15) is 60.1 Å². The zero-order chi connectivity index (χ0) is 36.4. The van der Waals surface area contributed by atoms with Crippen molar-refractivity contribution in [1.82, 2.24) is 30.0 Å². The molecule has 12 nitrogen and oxygen atoms in total. The maximum absolute atomic E-state index is 11.9. The summed E-state index contributed by atoms with van der Waals surface area (Å²) in [6, 6.07) is 26.7. The molecule has 6 atom stereocenters. The highest BCUT2D eigenvalue weighted by Gasteiger charge is 2.40. The van der Waals surface area contributed by atoms with E-state index in [0.717, 1.165) is 62.4 Å². The normalized spacial score (nSPS) is 26.9. The van der Waals surface area contributed by atoms with Crippen LogP contribution in [0.3, 0.4) is 0 Å². The van der Waals surface area contributed by atoms with E-state index in [-0.39, 0.29) is 24.2 Å². The molecule has 2 N–H and O–H groups in total. The van der Waals surface area contributed by atoms with Gasteiger partial charge in [0.05, 0.1) is 0 Å². The van der Waals surface area contributed by atoms with Crippen LogP contribution in [0, 0.1) is 0 Å². The van der Waals surface area contributed by atoms with Crippen LogP contribution in [0.2, 0.25) is 0 Å². The Morgan fingerprint density at radius 3 is 1.72 bits per heavy atom. The second-order valence-electron chi connectivity index (χ2n) is 15.2. The van der Waals surface area contributed by atoms with Gasteiger partial charge in [0, 0.05) is 75.8 Å². The van der Waals surface area contributed by atoms with E-state index in [1.807, 2.05) is 29.2 Å². The van der Waals surface area contributed by atoms with Gasteiger partial charge >= 0.3 is 0 Å². The summed E-state index contributed by atoms with van der Waals surface area (Å²) in [7, 11) is 0. The van der Waals surface area contributed by atoms with Gasteiger partial charge in [-0.25, -0.2) is 9.97 Å². The molecule has 8 aliphatic rings. The number of piperidine rings is 4. The molecule has 0 spiro atoms. The lowest BCUT2D eigenvalue weighted by atomic mass is 9.90. The summed E-state index contributed by atoms with van der Waals surface area (Å²) < 4.78 is 23.5. The fourth-order valence-corrected chi connectivity index (χ4v) is 8.79. The molecule has 6 saturated heterocycles. The summed E-state index contributed by atoms with van der Waals surface area (Å²) >= 11 is 0. The van der Waals surface area contributed by atoms with Gasteiger partial charge in [-0.1, -0.05) is 48.5 Å². The van der Waals surface area contributed by atoms with Crippen molar-refractivity contribution in [3.8, 4) is 23.3 Å². The number of aliphatic hydroxyl groups excluding tert-OH is 1. The first-order valence-corrected chi connectivity index (χ1v) is 19.3. The minimum atomic E-state index is -0.391. The van der Waals surface area contributed by atoms with E-state index in [1.165, 1.54) is 30.5 Å². The third kappa shape index (κ3) is 7.48. The molecule has 12 rings (SSSR count). The Balaban J connectivity index is 0.000000144. The highest BCUT2D eigenvalue weighted by molar-refractivity contribution is 5.77. The Hall–Kier alpha value is -4.75. The van der Waals surface area contributed by atoms with Crippen molar-refractivity contribution in [3.05, 3.63) is 107 Å². The number of pyridine rings is 2. The number of carbonyl (C=O) groups excluding carboxylic acids is 1. The SMILES string of the molecule is O=C(CO)N1C[C@@H]2CC[C@H]1CN2Cc1ccc([C@H]2COc3cccnc3O2)cc1.c1cnc2c(c1)OC[C@H](c1ccc(CN3C[C@@H]4CC[C@H]3CN4)cc1)O2. The smallest absolute Gasteiger partial charge is 0.257 e. The summed E-state index contributed by atoms with van der Waals surface area (Å²) in [5.41, 5.74) is 4.83. The fourth-order valence-electron chi connectivity index (χ4n) is 8.79. The van der Waals surface area contributed by atoms with Crippen molar-refractivity contribution >= 4 is 5.91 Å². The summed E-state index contributed by atoms with van der Waals surface area (Å²) in [5.74, 6) is 2.40. The topological polar surface area (TPSA) is 122 Å². The maximum atomic E-state index is 11.9. The number of piperazine rings is 2. The van der Waals surface area contributed by atoms with Crippen molar-refractivity contribution < 1.29 is 28.8 Å². The summed E-state index contributed by atoms with van der Waals surface area (Å²) in [6.07, 6.45) is 7.98. The predicted octanol–water partition coefficient (Wildman–Crippen LogP) is 4.29. The highest BCUT2D eigenvalue weighted by Crippen LogP contribution is 2.36. The van der Waals surface area contributed by atoms with Crippen LogP contribution < -0.4 is 24.3 Å². The molecule has 6 fully saturated rings. The molecule has 2 aromatic heterocycles. The lowest BCUT2D eigenvalue weighted by Crippen LogP contribution is -2.63. The summed E-state index contributed by atoms with van der Waals surface area (Å²) in [4.78, 5) is 27.4. The maximum Gasteiger partial charge on any atom is 0.257 e. The number of nitrogens with zero attached hydrogens (tertiary/aromatic N) is 5. The average molecular weight is 733 g/mol. The Bertz CT molecular complexity index is 1900. The van der Waals surface area contributed by atoms with Crippen LogP contribution in [0.4, 0.5) is 0 Å². The second-order valence-corrected chi connectivity index (χ2v) is 15.2. The largest absolute Gasteiger partial charge is 0.484 e. The molecule has 4 aromatic rings. The quantitative estimate of drug-likeness (QED) is 0.283. The second kappa shape index (κ2) is 15.5. The van der Waals surface area contributed by atoms with Crippen LogP contribution >= 0.6 is 0 Å². The molecule has 4 bridgehead atoms. The molecule has 0 saturated carbocycles. The molecule has 8 aliphatic heterocycles. The number of fused-ring (bicyclic) bond motifs is 8. The van der Waals surface area contributed by atoms with E-state index >= 15 is 0 Å². The van der Waals surface area contributed by atoms with Gasteiger partial charge in [0.1, 0.15) is 19.8 Å². The number of hydrogen-bond acceptors (Lipinski definition) is 11. The van der Waals surface area contributed by atoms with Crippen molar-refractivity contribution in [3.63, 3.8) is 0 Å². The molecule has 0 radical (unpaired) electrons. The van der Waals surface area contributed by atoms with E-state index in [9.17, 15) is 9.90 Å². The van der Waals surface area contributed by atoms with Gasteiger partial charge in [-0.05, 0) is 72.2 Å². The zero-order valence-electron chi connectivity index (χ0n) is 30.5. The monoisotopic (exact) mass is 732 g/mol. The third-order valence-electron chi connectivity index (χ3n) is 11.8. The lowest BCUT2D eigenvalue weighted by molar-refractivity contribution is -0.145. The number of carbonyl (C=O) groups is 1. The van der Waals surface area contributed by atoms with Gasteiger partial charge in [-0.15, -0.1) is 0 Å². The molecule has 2 aromatic carbocycles. The number of amides is 1. The van der Waals surface area contributed by atoms with Crippen molar-refractivity contribution in [1.29, 1.82) is 0 Å². The van der Waals surface area contributed by atoms with Gasteiger partial charge in [-0.2, -0.15) is 0 Å². The Morgan fingerprint density at radius 2 is 1.24 bits per heavy atom. The first kappa shape index (κ1) is 35.0. The first-order valence-electron chi connectivity index (χ1n) is 19.3. The van der Waals surface area contributed by atoms with E-state index in [0.29, 0.717) is 48.8 Å². The summed E-state index contributed by atoms with van der Waals surface area (Å²) in [6.45, 7) is 6.43. The lowest BCUT2D eigenvalue weighted by Gasteiger charge is -2.51. The van der Waals surface area contributed by atoms with Crippen LogP contribution in [-0.2, 0) is 17.9 Å². The standard InChI is InChI=1S/C22H25N3O4.C20H23N3O2/c26-13-21(27)25-12-17-7-8-18(25)11-24(17)10-15-3-5-16(6-4-15)20-14-28-19-2-1-9-23-22(19)29-20;1-2-18-20(21-9-1)25-19(13-24-18)15-5-3-14(4-6-15)11-23-12-16-7-8-17(23)10-22-16/h1-6,9,17-18,20,26H,7-8,10-14H2;1-6,9,16-17,19,22H,7-8,10-13H2/t17-,18-,20+;16-,17-,19+/m00/s1. The van der Waals surface area contributed by atoms with Gasteiger partial charge in [-0.3, -0.25) is 14.6 Å². The van der Waals surface area contributed by atoms with Gasteiger partial charge in [0.2, 0.25) is 5.91 Å². The molecular weight excluding hydrogens is 684 g/mol. The Kier molecular flexibility index (Phi) is 10.1. The van der Waals surface area contributed by atoms with Crippen molar-refractivity contribution in [2.24, 2.45) is 0 Å². The molecule has 0 aliphatic carbocycles. The van der Waals surface area contributed by atoms with Crippen molar-refractivity contribution in [2.75, 3.05) is 46.0 Å². The molecular formula is C42H48N6O6. The number of aromatic nitrogens is 2. The van der Waals surface area contributed by atoms with Crippen LogP contribution in [0.5, 0.6) is 23.3 Å². The van der Waals surface area contributed by atoms with E-state index in [2.05, 4.69) is 73.6 Å². The van der Waals surface area contributed by atoms with E-state index < -0.39 is 6.61 Å². The third-order valence-corrected chi connectivity index (χ3v) is 11.8. The Labute approximate surface area is 316 Å². The first-order chi connectivity index (χ1) is 26.6. The number of hydrogen-bond donors (Lipinski definition) is 2. The molecule has 0 unspecified atom stereocenters. The average Bonchev–Trinajstić information content (AvgIpc) is 3.24. The predicted molar refractivity (Wildman–Crippen MR) is 200 cm³/mol. The van der Waals surface area contributed by atoms with E-state index in [4.69, 9.17) is 18.9 Å².